The lowest BCUT2D eigenvalue weighted by Gasteiger charge is -1.96. The van der Waals surface area contributed by atoms with Crippen LogP contribution in [0.1, 0.15) is 6.92 Å². The summed E-state index contributed by atoms with van der Waals surface area (Å²) in [4.78, 5) is 10.9. The van der Waals surface area contributed by atoms with Crippen LogP contribution in [-0.4, -0.2) is 17.9 Å². The highest BCUT2D eigenvalue weighted by atomic mass is 79.9. The summed E-state index contributed by atoms with van der Waals surface area (Å²) in [6.45, 7) is 2.12. The summed E-state index contributed by atoms with van der Waals surface area (Å²) in [5.74, 6) is 5.01. The van der Waals surface area contributed by atoms with Crippen molar-refractivity contribution < 1.29 is 9.53 Å². The Bertz CT molecular complexity index is 235. The number of carbonyl (C=O) groups excluding carboxylic acids is 1. The maximum Gasteiger partial charge on any atom is 0.345 e. The summed E-state index contributed by atoms with van der Waals surface area (Å²) in [5, 5.41) is 0.590. The molecule has 0 atom stereocenters. The van der Waals surface area contributed by atoms with E-state index in [0.717, 1.165) is 0 Å². The number of hydrogen-bond acceptors (Lipinski definition) is 2. The van der Waals surface area contributed by atoms with Crippen molar-refractivity contribution in [2.24, 2.45) is 0 Å². The average molecular weight is 296 g/mol. The standard InChI is InChI=1S/C8H8Br2O2/c1-2-12-8(11)7(10)5-3-4-6-9/h5H,2,6H2,1H3. The molecule has 0 rings (SSSR count). The summed E-state index contributed by atoms with van der Waals surface area (Å²) >= 11 is 6.18. The maximum absolute atomic E-state index is 10.9. The molecule has 0 aromatic carbocycles. The molecule has 0 aliphatic heterocycles. The molecule has 0 fully saturated rings. The summed E-state index contributed by atoms with van der Waals surface area (Å²) in [7, 11) is 0. The van der Waals surface area contributed by atoms with Crippen LogP contribution in [0.15, 0.2) is 10.6 Å². The van der Waals surface area contributed by atoms with Crippen molar-refractivity contribution in [1.82, 2.24) is 0 Å². The Kier molecular flexibility index (Phi) is 7.22. The molecular formula is C8H8Br2O2. The Balaban J connectivity index is 4.08. The van der Waals surface area contributed by atoms with Crippen LogP contribution in [0.5, 0.6) is 0 Å². The zero-order valence-electron chi connectivity index (χ0n) is 6.56. The van der Waals surface area contributed by atoms with Crippen LogP contribution >= 0.6 is 31.9 Å². The first-order valence-electron chi connectivity index (χ1n) is 3.29. The number of allylic oxidation sites excluding steroid dienone is 1. The zero-order valence-corrected chi connectivity index (χ0v) is 9.74. The minimum absolute atomic E-state index is 0.345. The molecule has 0 unspecified atom stereocenters. The second-order valence-electron chi connectivity index (χ2n) is 1.67. The number of carbonyl (C=O) groups is 1. The molecular weight excluding hydrogens is 288 g/mol. The summed E-state index contributed by atoms with van der Waals surface area (Å²) in [5.41, 5.74) is 0. The van der Waals surface area contributed by atoms with Gasteiger partial charge in [-0.2, -0.15) is 0 Å². The molecule has 0 saturated carbocycles. The Hall–Kier alpha value is -0.270. The van der Waals surface area contributed by atoms with Gasteiger partial charge in [0.1, 0.15) is 4.48 Å². The monoisotopic (exact) mass is 294 g/mol. The van der Waals surface area contributed by atoms with Crippen molar-refractivity contribution in [3.05, 3.63) is 10.6 Å². The van der Waals surface area contributed by atoms with Crippen molar-refractivity contribution in [1.29, 1.82) is 0 Å². The molecule has 0 heterocycles. The maximum atomic E-state index is 10.9. The van der Waals surface area contributed by atoms with E-state index in [1.807, 2.05) is 0 Å². The number of halogens is 2. The van der Waals surface area contributed by atoms with Crippen LogP contribution in [-0.2, 0) is 9.53 Å². The quantitative estimate of drug-likeness (QED) is 0.338. The predicted molar refractivity (Wildman–Crippen MR) is 55.2 cm³/mol. The fourth-order valence-electron chi connectivity index (χ4n) is 0.412. The number of esters is 1. The van der Waals surface area contributed by atoms with E-state index in [0.29, 0.717) is 16.4 Å². The van der Waals surface area contributed by atoms with Gasteiger partial charge in [-0.3, -0.25) is 0 Å². The molecule has 0 saturated heterocycles. The largest absolute Gasteiger partial charge is 0.462 e. The van der Waals surface area contributed by atoms with E-state index in [1.54, 1.807) is 6.92 Å². The van der Waals surface area contributed by atoms with Gasteiger partial charge in [0.05, 0.1) is 11.9 Å². The van der Waals surface area contributed by atoms with Gasteiger partial charge >= 0.3 is 5.97 Å². The van der Waals surface area contributed by atoms with Gasteiger partial charge < -0.3 is 4.74 Å². The summed E-state index contributed by atoms with van der Waals surface area (Å²) in [6, 6.07) is 0. The van der Waals surface area contributed by atoms with Crippen LogP contribution in [0, 0.1) is 11.8 Å². The molecule has 0 aliphatic carbocycles. The summed E-state index contributed by atoms with van der Waals surface area (Å²) in [6.07, 6.45) is 1.47. The van der Waals surface area contributed by atoms with E-state index in [4.69, 9.17) is 4.74 Å². The van der Waals surface area contributed by atoms with Crippen LogP contribution in [0.2, 0.25) is 0 Å². The lowest BCUT2D eigenvalue weighted by atomic mass is 10.5. The zero-order chi connectivity index (χ0) is 9.40. The lowest BCUT2D eigenvalue weighted by Crippen LogP contribution is -2.02. The first kappa shape index (κ1) is 11.7. The summed E-state index contributed by atoms with van der Waals surface area (Å²) < 4.78 is 5.05. The average Bonchev–Trinajstić information content (AvgIpc) is 2.05. The first-order chi connectivity index (χ1) is 5.72. The molecule has 4 heteroatoms. The van der Waals surface area contributed by atoms with E-state index in [-0.39, 0.29) is 5.97 Å². The number of rotatable bonds is 2. The topological polar surface area (TPSA) is 26.3 Å². The van der Waals surface area contributed by atoms with Gasteiger partial charge in [0, 0.05) is 6.08 Å². The van der Waals surface area contributed by atoms with Crippen molar-refractivity contribution in [2.45, 2.75) is 6.92 Å². The van der Waals surface area contributed by atoms with Crippen LogP contribution < -0.4 is 0 Å². The minimum Gasteiger partial charge on any atom is -0.462 e. The highest BCUT2D eigenvalue weighted by Gasteiger charge is 2.03. The molecule has 0 aromatic rings. The third-order valence-electron chi connectivity index (χ3n) is 0.838. The van der Waals surface area contributed by atoms with Crippen LogP contribution in [0.3, 0.4) is 0 Å². The van der Waals surface area contributed by atoms with Gasteiger partial charge in [0.25, 0.3) is 0 Å². The molecule has 0 bridgehead atoms. The van der Waals surface area contributed by atoms with E-state index >= 15 is 0 Å². The molecule has 0 amide bonds. The molecule has 0 N–H and O–H groups in total. The normalized spacial score (nSPS) is 10.1. The van der Waals surface area contributed by atoms with Gasteiger partial charge in [0.15, 0.2) is 0 Å². The van der Waals surface area contributed by atoms with E-state index < -0.39 is 0 Å². The van der Waals surface area contributed by atoms with Crippen LogP contribution in [0.25, 0.3) is 0 Å². The Morgan fingerprint density at radius 3 is 2.83 bits per heavy atom. The van der Waals surface area contributed by atoms with Crippen LogP contribution in [0.4, 0.5) is 0 Å². The highest BCUT2D eigenvalue weighted by Crippen LogP contribution is 2.05. The third-order valence-corrected chi connectivity index (χ3v) is 1.67. The fraction of sp³-hybridized carbons (Fsp3) is 0.375. The number of ether oxygens (including phenoxy) is 1. The SMILES string of the molecule is CCOC(=O)C(Br)=CC#CCBr. The predicted octanol–water partition coefficient (Wildman–Crippen LogP) is 2.23. The molecule has 12 heavy (non-hydrogen) atoms. The second-order valence-corrected chi connectivity index (χ2v) is 3.08. The molecule has 66 valence electrons. The van der Waals surface area contributed by atoms with Gasteiger partial charge in [-0.05, 0) is 22.9 Å². The second kappa shape index (κ2) is 7.38. The Morgan fingerprint density at radius 1 is 1.67 bits per heavy atom. The van der Waals surface area contributed by atoms with Gasteiger partial charge in [-0.1, -0.05) is 27.8 Å². The van der Waals surface area contributed by atoms with Crippen molar-refractivity contribution in [2.75, 3.05) is 11.9 Å². The van der Waals surface area contributed by atoms with Crippen molar-refractivity contribution in [3.8, 4) is 11.8 Å². The Labute approximate surface area is 88.6 Å². The van der Waals surface area contributed by atoms with Crippen molar-refractivity contribution in [3.63, 3.8) is 0 Å². The van der Waals surface area contributed by atoms with Gasteiger partial charge in [-0.25, -0.2) is 4.79 Å². The number of alkyl halides is 1. The molecule has 2 nitrogen and oxygen atoms in total. The van der Waals surface area contributed by atoms with E-state index in [9.17, 15) is 4.79 Å². The minimum atomic E-state index is -0.388. The van der Waals surface area contributed by atoms with Gasteiger partial charge in [0.2, 0.25) is 0 Å². The third kappa shape index (κ3) is 5.39. The molecule has 0 radical (unpaired) electrons. The highest BCUT2D eigenvalue weighted by molar-refractivity contribution is 9.12. The molecule has 0 aliphatic rings. The smallest absolute Gasteiger partial charge is 0.345 e. The first-order valence-corrected chi connectivity index (χ1v) is 5.21. The van der Waals surface area contributed by atoms with Gasteiger partial charge in [-0.15, -0.1) is 0 Å². The molecule has 0 spiro atoms. The van der Waals surface area contributed by atoms with E-state index in [1.165, 1.54) is 6.08 Å². The van der Waals surface area contributed by atoms with Crippen molar-refractivity contribution >= 4 is 37.8 Å². The Morgan fingerprint density at radius 2 is 2.33 bits per heavy atom. The fourth-order valence-corrected chi connectivity index (χ4v) is 0.803. The lowest BCUT2D eigenvalue weighted by molar-refractivity contribution is -0.137. The molecule has 0 aromatic heterocycles. The van der Waals surface area contributed by atoms with E-state index in [2.05, 4.69) is 43.7 Å². The number of hydrogen-bond donors (Lipinski definition) is 0.